The molecule has 2 aliphatic heterocycles. The van der Waals surface area contributed by atoms with Crippen LogP contribution in [0.5, 0.6) is 0 Å². The average Bonchev–Trinajstić information content (AvgIpc) is 3.30. The zero-order chi connectivity index (χ0) is 21.4. The second kappa shape index (κ2) is 7.74. The Morgan fingerprint density at radius 1 is 1.14 bits per heavy atom. The Labute approximate surface area is 166 Å². The van der Waals surface area contributed by atoms with Crippen molar-refractivity contribution in [3.8, 4) is 0 Å². The number of piperidine rings is 1. The van der Waals surface area contributed by atoms with Crippen LogP contribution in [0.2, 0.25) is 18.1 Å². The van der Waals surface area contributed by atoms with E-state index in [0.29, 0.717) is 12.2 Å². The van der Waals surface area contributed by atoms with Gasteiger partial charge in [-0.25, -0.2) is 9.59 Å². The molecule has 0 bridgehead atoms. The first kappa shape index (κ1) is 22.2. The Morgan fingerprint density at radius 2 is 1.75 bits per heavy atom. The van der Waals surface area contributed by atoms with Gasteiger partial charge in [-0.15, -0.1) is 0 Å². The molecule has 0 spiro atoms. The number of nitrogens with zero attached hydrogens (tertiary/aromatic N) is 1. The number of hydrogen-bond donors (Lipinski definition) is 1. The number of nitrogens with one attached hydrogen (secondary N) is 1. The number of alkyl carbamates (subject to hydrolysis) is 1. The molecule has 0 unspecified atom stereocenters. The SMILES string of the molecule is COC(=O)N/C(C(=O)OC)=C1\[C@@H](OC(C)=O)[C@H](O[Si](C)(C)C(C)(C)C)[C@@H]2CN12. The number of esters is 2. The third kappa shape index (κ3) is 4.32. The second-order valence-electron chi connectivity index (χ2n) is 8.46. The molecule has 158 valence electrons. The van der Waals surface area contributed by atoms with Crippen molar-refractivity contribution in [1.82, 2.24) is 10.2 Å². The van der Waals surface area contributed by atoms with Crippen LogP contribution in [-0.4, -0.2) is 70.3 Å². The maximum Gasteiger partial charge on any atom is 0.411 e. The first-order valence-electron chi connectivity index (χ1n) is 9.13. The van der Waals surface area contributed by atoms with Crippen LogP contribution in [0.15, 0.2) is 11.4 Å². The highest BCUT2D eigenvalue weighted by atomic mass is 28.4. The highest BCUT2D eigenvalue weighted by Gasteiger charge is 2.61. The van der Waals surface area contributed by atoms with Gasteiger partial charge in [0.05, 0.1) is 26.0 Å². The van der Waals surface area contributed by atoms with Gasteiger partial charge in [-0.05, 0) is 18.1 Å². The minimum Gasteiger partial charge on any atom is -0.464 e. The lowest BCUT2D eigenvalue weighted by molar-refractivity contribution is -0.148. The van der Waals surface area contributed by atoms with E-state index in [-0.39, 0.29) is 16.8 Å². The van der Waals surface area contributed by atoms with Crippen LogP contribution in [0.3, 0.4) is 0 Å². The number of amides is 1. The van der Waals surface area contributed by atoms with E-state index in [1.54, 1.807) is 0 Å². The fraction of sp³-hybridized carbons (Fsp3) is 0.722. The van der Waals surface area contributed by atoms with E-state index in [2.05, 4.69) is 43.9 Å². The van der Waals surface area contributed by atoms with Gasteiger partial charge in [0.2, 0.25) is 0 Å². The lowest BCUT2D eigenvalue weighted by atomic mass is 10.1. The van der Waals surface area contributed by atoms with Gasteiger partial charge in [0.15, 0.2) is 20.1 Å². The van der Waals surface area contributed by atoms with Gasteiger partial charge in [-0.2, -0.15) is 0 Å². The third-order valence-electron chi connectivity index (χ3n) is 5.49. The number of carbonyl (C=O) groups is 3. The highest BCUT2D eigenvalue weighted by Crippen LogP contribution is 2.47. The number of fused-ring (bicyclic) bond motifs is 1. The van der Waals surface area contributed by atoms with E-state index >= 15 is 0 Å². The molecule has 1 N–H and O–H groups in total. The molecule has 0 aromatic heterocycles. The summed E-state index contributed by atoms with van der Waals surface area (Å²) >= 11 is 0. The summed E-state index contributed by atoms with van der Waals surface area (Å²) in [5.41, 5.74) is 0.269. The third-order valence-corrected chi connectivity index (χ3v) is 9.97. The summed E-state index contributed by atoms with van der Waals surface area (Å²) in [6.45, 7) is 12.5. The zero-order valence-corrected chi connectivity index (χ0v) is 18.7. The lowest BCUT2D eigenvalue weighted by Gasteiger charge is -2.39. The van der Waals surface area contributed by atoms with E-state index in [1.165, 1.54) is 21.1 Å². The predicted molar refractivity (Wildman–Crippen MR) is 103 cm³/mol. The molecule has 28 heavy (non-hydrogen) atoms. The number of hydrogen-bond acceptors (Lipinski definition) is 8. The summed E-state index contributed by atoms with van der Waals surface area (Å²) in [6.07, 6.45) is -2.07. The summed E-state index contributed by atoms with van der Waals surface area (Å²) in [6, 6.07) is -0.0346. The number of carbonyl (C=O) groups excluding carboxylic acids is 3. The van der Waals surface area contributed by atoms with Crippen molar-refractivity contribution >= 4 is 26.3 Å². The summed E-state index contributed by atoms with van der Waals surface area (Å²) in [7, 11) is 0.215. The van der Waals surface area contributed by atoms with Crippen LogP contribution in [-0.2, 0) is 28.2 Å². The number of ether oxygens (including phenoxy) is 3. The zero-order valence-electron chi connectivity index (χ0n) is 17.7. The van der Waals surface area contributed by atoms with Crippen LogP contribution >= 0.6 is 0 Å². The van der Waals surface area contributed by atoms with E-state index in [0.717, 1.165) is 0 Å². The Balaban J connectivity index is 2.47. The smallest absolute Gasteiger partial charge is 0.411 e. The molecule has 0 saturated carbocycles. The Bertz CT molecular complexity index is 699. The Hall–Kier alpha value is -2.07. The molecule has 9 nitrogen and oxygen atoms in total. The molecule has 2 heterocycles. The van der Waals surface area contributed by atoms with Crippen molar-refractivity contribution in [2.75, 3.05) is 20.8 Å². The second-order valence-corrected chi connectivity index (χ2v) is 13.2. The van der Waals surface area contributed by atoms with Crippen molar-refractivity contribution in [2.24, 2.45) is 0 Å². The molecular weight excluding hydrogens is 384 g/mol. The van der Waals surface area contributed by atoms with E-state index in [1.807, 2.05) is 4.90 Å². The quantitative estimate of drug-likeness (QED) is 0.239. The molecule has 2 saturated heterocycles. The first-order chi connectivity index (χ1) is 12.8. The summed E-state index contributed by atoms with van der Waals surface area (Å²) in [5.74, 6) is -1.26. The predicted octanol–water partition coefficient (Wildman–Crippen LogP) is 1.75. The lowest BCUT2D eigenvalue weighted by Crippen LogP contribution is -2.49. The topological polar surface area (TPSA) is 103 Å². The van der Waals surface area contributed by atoms with E-state index in [4.69, 9.17) is 13.9 Å². The van der Waals surface area contributed by atoms with Gasteiger partial charge < -0.3 is 23.5 Å². The molecular formula is C18H30N2O7Si. The van der Waals surface area contributed by atoms with Gasteiger partial charge >= 0.3 is 18.0 Å². The van der Waals surface area contributed by atoms with Crippen molar-refractivity contribution in [1.29, 1.82) is 0 Å². The van der Waals surface area contributed by atoms with Crippen molar-refractivity contribution in [2.45, 2.75) is 64.1 Å². The van der Waals surface area contributed by atoms with Gasteiger partial charge in [0, 0.05) is 13.5 Å². The molecule has 0 aromatic rings. The minimum atomic E-state index is -2.19. The van der Waals surface area contributed by atoms with Crippen LogP contribution in [0.25, 0.3) is 0 Å². The molecule has 0 aliphatic carbocycles. The van der Waals surface area contributed by atoms with E-state index in [9.17, 15) is 14.4 Å². The van der Waals surface area contributed by atoms with Crippen molar-refractivity contribution in [3.63, 3.8) is 0 Å². The fourth-order valence-corrected chi connectivity index (χ4v) is 4.27. The molecule has 3 atom stereocenters. The standard InChI is InChI=1S/C18H30N2O7Si/c1-10(21)26-15-13(12(16(22)24-5)19-17(23)25-6)20-9-11(20)14(15)27-28(7,8)18(2,3)4/h11,14-15H,9H2,1-8H3,(H,19,23)/b13-12+/t11-,14+,15+,20?/m0/s1. The van der Waals surface area contributed by atoms with Crippen molar-refractivity contribution in [3.05, 3.63) is 11.4 Å². The molecule has 1 amide bonds. The minimum absolute atomic E-state index is 0.0346. The number of methoxy groups -OCH3 is 2. The number of rotatable bonds is 5. The van der Waals surface area contributed by atoms with Gasteiger partial charge in [0.1, 0.15) is 6.10 Å². The van der Waals surface area contributed by atoms with Gasteiger partial charge in [-0.1, -0.05) is 20.8 Å². The summed E-state index contributed by atoms with van der Waals surface area (Å²) in [5, 5.41) is 2.35. The molecule has 2 aliphatic rings. The maximum absolute atomic E-state index is 12.3. The van der Waals surface area contributed by atoms with E-state index < -0.39 is 38.6 Å². The summed E-state index contributed by atoms with van der Waals surface area (Å²) in [4.78, 5) is 37.8. The van der Waals surface area contributed by atoms with Crippen LogP contribution in [0, 0.1) is 0 Å². The van der Waals surface area contributed by atoms with Crippen LogP contribution in [0.1, 0.15) is 27.7 Å². The van der Waals surface area contributed by atoms with Gasteiger partial charge in [-0.3, -0.25) is 10.1 Å². The largest absolute Gasteiger partial charge is 0.464 e. The highest BCUT2D eigenvalue weighted by molar-refractivity contribution is 6.74. The molecule has 2 fully saturated rings. The maximum atomic E-state index is 12.3. The Morgan fingerprint density at radius 3 is 2.21 bits per heavy atom. The van der Waals surface area contributed by atoms with Crippen LogP contribution in [0.4, 0.5) is 4.79 Å². The van der Waals surface area contributed by atoms with Crippen LogP contribution < -0.4 is 5.32 Å². The fourth-order valence-electron chi connectivity index (χ4n) is 2.95. The molecule has 0 aromatic carbocycles. The first-order valence-corrected chi connectivity index (χ1v) is 12.0. The van der Waals surface area contributed by atoms with Gasteiger partial charge in [0.25, 0.3) is 0 Å². The molecule has 10 heteroatoms. The molecule has 2 rings (SSSR count). The Kier molecular flexibility index (Phi) is 6.15. The monoisotopic (exact) mass is 414 g/mol. The summed E-state index contributed by atoms with van der Waals surface area (Å²) < 4.78 is 21.5. The normalized spacial score (nSPS) is 25.6. The van der Waals surface area contributed by atoms with Crippen molar-refractivity contribution < 1.29 is 33.0 Å². The molecule has 0 radical (unpaired) electrons. The average molecular weight is 415 g/mol.